The number of nitrogen functional groups attached to an aromatic ring is 1. The lowest BCUT2D eigenvalue weighted by atomic mass is 10.2. The van der Waals surface area contributed by atoms with Gasteiger partial charge in [-0.1, -0.05) is 11.6 Å². The van der Waals surface area contributed by atoms with Crippen LogP contribution in [0, 0.1) is 11.3 Å². The van der Waals surface area contributed by atoms with Gasteiger partial charge in [0.1, 0.15) is 17.1 Å². The van der Waals surface area contributed by atoms with E-state index in [2.05, 4.69) is 19.0 Å². The normalized spacial score (nSPS) is 10.4. The molecule has 2 heterocycles. The maximum Gasteiger partial charge on any atom is 0.155 e. The fourth-order valence-corrected chi connectivity index (χ4v) is 2.48. The van der Waals surface area contributed by atoms with Gasteiger partial charge in [0.25, 0.3) is 0 Å². The van der Waals surface area contributed by atoms with Crippen molar-refractivity contribution in [2.75, 3.05) is 11.1 Å². The lowest BCUT2D eigenvalue weighted by molar-refractivity contribution is 1.30. The number of nitrogens with one attached hydrogen (secondary N) is 1. The maximum atomic E-state index is 8.97. The molecule has 0 spiro atoms. The van der Waals surface area contributed by atoms with Crippen molar-refractivity contribution >= 4 is 51.6 Å². The van der Waals surface area contributed by atoms with E-state index in [1.165, 1.54) is 6.20 Å². The van der Waals surface area contributed by atoms with E-state index >= 15 is 0 Å². The van der Waals surface area contributed by atoms with Gasteiger partial charge in [-0.2, -0.15) is 14.0 Å². The Morgan fingerprint density at radius 1 is 1.30 bits per heavy atom. The Morgan fingerprint density at radius 3 is 2.95 bits per heavy atom. The van der Waals surface area contributed by atoms with Crippen LogP contribution in [-0.2, 0) is 0 Å². The Labute approximate surface area is 123 Å². The first kappa shape index (κ1) is 12.6. The average molecular weight is 303 g/mol. The minimum atomic E-state index is 0.270. The van der Waals surface area contributed by atoms with Crippen molar-refractivity contribution in [3.63, 3.8) is 0 Å². The average Bonchev–Trinajstić information content (AvgIpc) is 2.92. The van der Waals surface area contributed by atoms with E-state index < -0.39 is 0 Å². The Kier molecular flexibility index (Phi) is 3.10. The Balaban J connectivity index is 2.13. The lowest BCUT2D eigenvalue weighted by Gasteiger charge is -2.10. The summed E-state index contributed by atoms with van der Waals surface area (Å²) in [6.45, 7) is 0. The van der Waals surface area contributed by atoms with Crippen molar-refractivity contribution in [1.82, 2.24) is 13.7 Å². The van der Waals surface area contributed by atoms with E-state index in [1.54, 1.807) is 18.2 Å². The van der Waals surface area contributed by atoms with Crippen molar-refractivity contribution in [2.24, 2.45) is 0 Å². The third kappa shape index (κ3) is 2.01. The molecule has 20 heavy (non-hydrogen) atoms. The molecule has 0 fully saturated rings. The molecule has 6 nitrogen and oxygen atoms in total. The van der Waals surface area contributed by atoms with Crippen LogP contribution in [0.1, 0.15) is 5.56 Å². The van der Waals surface area contributed by atoms with Gasteiger partial charge in [0.05, 0.1) is 33.7 Å². The molecular weight excluding hydrogens is 296 g/mol. The Hall–Kier alpha value is -2.43. The third-order valence-electron chi connectivity index (χ3n) is 2.73. The second-order valence-electron chi connectivity index (χ2n) is 3.91. The first-order valence-corrected chi connectivity index (χ1v) is 6.64. The van der Waals surface area contributed by atoms with E-state index in [0.717, 1.165) is 17.2 Å². The van der Waals surface area contributed by atoms with Crippen molar-refractivity contribution in [2.45, 2.75) is 0 Å². The SMILES string of the molecule is N#Cc1ccnc(Nc2c(Cl)ccc3nsnc23)c1N. The minimum Gasteiger partial charge on any atom is -0.395 e. The summed E-state index contributed by atoms with van der Waals surface area (Å²) in [6.07, 6.45) is 1.50. The van der Waals surface area contributed by atoms with Gasteiger partial charge in [-0.3, -0.25) is 0 Å². The Bertz CT molecular complexity index is 838. The Morgan fingerprint density at radius 2 is 2.15 bits per heavy atom. The van der Waals surface area contributed by atoms with Gasteiger partial charge in [-0.25, -0.2) is 4.98 Å². The van der Waals surface area contributed by atoms with E-state index in [-0.39, 0.29) is 5.69 Å². The molecule has 3 N–H and O–H groups in total. The van der Waals surface area contributed by atoms with Gasteiger partial charge in [-0.15, -0.1) is 0 Å². The summed E-state index contributed by atoms with van der Waals surface area (Å²) < 4.78 is 8.34. The summed E-state index contributed by atoms with van der Waals surface area (Å²) >= 11 is 7.27. The molecule has 0 aliphatic rings. The fraction of sp³-hybridized carbons (Fsp3) is 0. The molecule has 0 saturated carbocycles. The van der Waals surface area contributed by atoms with Crippen LogP contribution in [0.3, 0.4) is 0 Å². The molecule has 0 aliphatic carbocycles. The summed E-state index contributed by atoms with van der Waals surface area (Å²) in [6, 6.07) is 7.06. The van der Waals surface area contributed by atoms with Gasteiger partial charge < -0.3 is 11.1 Å². The molecule has 8 heteroatoms. The highest BCUT2D eigenvalue weighted by molar-refractivity contribution is 7.00. The number of rotatable bonds is 2. The zero-order valence-electron chi connectivity index (χ0n) is 9.96. The summed E-state index contributed by atoms with van der Waals surface area (Å²) in [4.78, 5) is 4.12. The predicted molar refractivity (Wildman–Crippen MR) is 79.1 cm³/mol. The summed E-state index contributed by atoms with van der Waals surface area (Å²) in [5.74, 6) is 0.367. The molecular formula is C12H7ClN6S. The van der Waals surface area contributed by atoms with Crippen LogP contribution in [0.15, 0.2) is 24.4 Å². The van der Waals surface area contributed by atoms with Gasteiger partial charge in [0.15, 0.2) is 5.82 Å². The van der Waals surface area contributed by atoms with Crippen molar-refractivity contribution in [3.05, 3.63) is 35.0 Å². The summed E-state index contributed by atoms with van der Waals surface area (Å²) in [5.41, 5.74) is 8.46. The van der Waals surface area contributed by atoms with Gasteiger partial charge in [-0.05, 0) is 18.2 Å². The first-order chi connectivity index (χ1) is 9.70. The highest BCUT2D eigenvalue weighted by Gasteiger charge is 2.13. The number of pyridine rings is 1. The minimum absolute atomic E-state index is 0.270. The number of fused-ring (bicyclic) bond motifs is 1. The first-order valence-electron chi connectivity index (χ1n) is 5.53. The number of nitrogens with two attached hydrogens (primary N) is 1. The molecule has 0 atom stereocenters. The zero-order chi connectivity index (χ0) is 14.1. The molecule has 1 aromatic carbocycles. The van der Waals surface area contributed by atoms with E-state index in [0.29, 0.717) is 27.6 Å². The van der Waals surface area contributed by atoms with E-state index in [1.807, 2.05) is 6.07 Å². The van der Waals surface area contributed by atoms with Crippen LogP contribution in [0.2, 0.25) is 5.02 Å². The smallest absolute Gasteiger partial charge is 0.155 e. The molecule has 0 unspecified atom stereocenters. The van der Waals surface area contributed by atoms with Crippen LogP contribution < -0.4 is 11.1 Å². The molecule has 0 aliphatic heterocycles. The summed E-state index contributed by atoms with van der Waals surface area (Å²) in [7, 11) is 0. The fourth-order valence-electron chi connectivity index (χ4n) is 1.73. The third-order valence-corrected chi connectivity index (χ3v) is 3.59. The number of hydrogen-bond acceptors (Lipinski definition) is 7. The monoisotopic (exact) mass is 302 g/mol. The quantitative estimate of drug-likeness (QED) is 0.755. The topological polar surface area (TPSA) is 101 Å². The largest absolute Gasteiger partial charge is 0.395 e. The lowest BCUT2D eigenvalue weighted by Crippen LogP contribution is -2.02. The second-order valence-corrected chi connectivity index (χ2v) is 4.85. The van der Waals surface area contributed by atoms with Crippen molar-refractivity contribution in [1.29, 1.82) is 5.26 Å². The molecule has 3 aromatic rings. The standard InChI is InChI=1S/C12H7ClN6S/c13-7-1-2-8-11(19-20-18-8)10(7)17-12-9(15)6(5-14)3-4-16-12/h1-4H,15H2,(H,16,17). The van der Waals surface area contributed by atoms with Crippen molar-refractivity contribution in [3.8, 4) is 6.07 Å². The maximum absolute atomic E-state index is 8.97. The van der Waals surface area contributed by atoms with Gasteiger partial charge in [0.2, 0.25) is 0 Å². The molecule has 2 aromatic heterocycles. The zero-order valence-corrected chi connectivity index (χ0v) is 11.5. The molecule has 0 amide bonds. The number of hydrogen-bond donors (Lipinski definition) is 2. The van der Waals surface area contributed by atoms with E-state index in [9.17, 15) is 0 Å². The predicted octanol–water partition coefficient (Wildman–Crippen LogP) is 2.94. The number of benzene rings is 1. The highest BCUT2D eigenvalue weighted by atomic mass is 35.5. The van der Waals surface area contributed by atoms with E-state index in [4.69, 9.17) is 22.6 Å². The van der Waals surface area contributed by atoms with Crippen LogP contribution in [-0.4, -0.2) is 13.7 Å². The number of nitriles is 1. The van der Waals surface area contributed by atoms with Gasteiger partial charge >= 0.3 is 0 Å². The van der Waals surface area contributed by atoms with Crippen LogP contribution in [0.4, 0.5) is 17.2 Å². The number of anilines is 3. The van der Waals surface area contributed by atoms with Crippen LogP contribution >= 0.6 is 23.3 Å². The summed E-state index contributed by atoms with van der Waals surface area (Å²) in [5, 5.41) is 12.5. The molecule has 3 rings (SSSR count). The number of nitrogens with zero attached hydrogens (tertiary/aromatic N) is 4. The van der Waals surface area contributed by atoms with Crippen LogP contribution in [0.5, 0.6) is 0 Å². The molecule has 98 valence electrons. The molecule has 0 saturated heterocycles. The number of halogens is 1. The molecule has 0 radical (unpaired) electrons. The number of aromatic nitrogens is 3. The highest BCUT2D eigenvalue weighted by Crippen LogP contribution is 2.33. The van der Waals surface area contributed by atoms with Crippen molar-refractivity contribution < 1.29 is 0 Å². The van der Waals surface area contributed by atoms with Gasteiger partial charge in [0, 0.05) is 6.20 Å². The second kappa shape index (κ2) is 4.92. The molecule has 0 bridgehead atoms. The van der Waals surface area contributed by atoms with Crippen LogP contribution in [0.25, 0.3) is 11.0 Å².